The molecule has 0 aliphatic carbocycles. The van der Waals surface area contributed by atoms with Crippen LogP contribution in [0.1, 0.15) is 31.7 Å². The highest BCUT2D eigenvalue weighted by molar-refractivity contribution is 6.76. The smallest absolute Gasteiger partial charge is 0.367 e. The average Bonchev–Trinajstić information content (AvgIpc) is 3.44. The summed E-state index contributed by atoms with van der Waals surface area (Å²) in [4.78, 5) is 8.86. The molecule has 4 aromatic heterocycles. The fourth-order valence-corrected chi connectivity index (χ4v) is 5.51. The van der Waals surface area contributed by atoms with Crippen molar-refractivity contribution in [3.8, 4) is 22.5 Å². The van der Waals surface area contributed by atoms with Crippen LogP contribution in [0.25, 0.3) is 33.5 Å². The Hall–Kier alpha value is -3.16. The summed E-state index contributed by atoms with van der Waals surface area (Å²) >= 11 is 0. The second-order valence-electron chi connectivity index (χ2n) is 12.2. The van der Waals surface area contributed by atoms with Gasteiger partial charge in [-0.05, 0) is 44.5 Å². The van der Waals surface area contributed by atoms with Gasteiger partial charge < -0.3 is 9.47 Å². The van der Waals surface area contributed by atoms with Gasteiger partial charge in [-0.25, -0.2) is 14.1 Å². The molecular weight excluding hydrogens is 556 g/mol. The summed E-state index contributed by atoms with van der Waals surface area (Å²) in [7, 11) is -1.31. The normalized spacial score (nSPS) is 15.4. The number of nitrogens with zero attached hydrogens (tertiary/aromatic N) is 6. The largest absolute Gasteiger partial charge is 0.389 e. The highest BCUT2D eigenvalue weighted by atomic mass is 28.3. The molecule has 0 N–H and O–H groups in total. The highest BCUT2D eigenvalue weighted by Crippen LogP contribution is 2.41. The van der Waals surface area contributed by atoms with Gasteiger partial charge >= 0.3 is 6.18 Å². The van der Waals surface area contributed by atoms with Crippen molar-refractivity contribution in [2.45, 2.75) is 84.0 Å². The van der Waals surface area contributed by atoms with Crippen LogP contribution >= 0.6 is 0 Å². The van der Waals surface area contributed by atoms with Crippen LogP contribution in [0, 0.1) is 5.82 Å². The number of halogens is 4. The van der Waals surface area contributed by atoms with Crippen LogP contribution in [0.4, 0.5) is 17.6 Å². The highest BCUT2D eigenvalue weighted by Gasteiger charge is 2.33. The average molecular weight is 591 g/mol. The van der Waals surface area contributed by atoms with Crippen LogP contribution in [0.3, 0.4) is 0 Å². The number of rotatable bonds is 9. The van der Waals surface area contributed by atoms with Crippen LogP contribution in [-0.4, -0.2) is 56.0 Å². The van der Waals surface area contributed by atoms with Crippen LogP contribution < -0.4 is 0 Å². The molecule has 5 rings (SSSR count). The monoisotopic (exact) mass is 590 g/mol. The third kappa shape index (κ3) is 6.84. The quantitative estimate of drug-likeness (QED) is 0.124. The van der Waals surface area contributed by atoms with E-state index < -0.39 is 32.1 Å². The van der Waals surface area contributed by atoms with Gasteiger partial charge in [0.15, 0.2) is 5.65 Å². The van der Waals surface area contributed by atoms with Crippen molar-refractivity contribution < 1.29 is 27.0 Å². The summed E-state index contributed by atoms with van der Waals surface area (Å²) in [5.41, 5.74) is 3.14. The summed E-state index contributed by atoms with van der Waals surface area (Å²) in [6.07, 6.45) is -2.89. The zero-order valence-electron chi connectivity index (χ0n) is 23.8. The van der Waals surface area contributed by atoms with E-state index in [1.165, 1.54) is 12.1 Å². The first-order chi connectivity index (χ1) is 19.2. The lowest BCUT2D eigenvalue weighted by Crippen LogP contribution is -2.36. The van der Waals surface area contributed by atoms with Gasteiger partial charge in [0.25, 0.3) is 0 Å². The molecule has 0 fully saturated rings. The van der Waals surface area contributed by atoms with Gasteiger partial charge in [-0.1, -0.05) is 19.6 Å². The van der Waals surface area contributed by atoms with Crippen LogP contribution in [-0.2, 0) is 35.8 Å². The summed E-state index contributed by atoms with van der Waals surface area (Å²) in [5, 5.41) is 9.97. The minimum absolute atomic E-state index is 0.124. The van der Waals surface area contributed by atoms with Crippen LogP contribution in [0.5, 0.6) is 0 Å². The molecule has 8 nitrogen and oxygen atoms in total. The van der Waals surface area contributed by atoms with Crippen LogP contribution in [0.2, 0.25) is 25.7 Å². The molecule has 41 heavy (non-hydrogen) atoms. The topological polar surface area (TPSA) is 79.9 Å². The van der Waals surface area contributed by atoms with Crippen molar-refractivity contribution in [3.05, 3.63) is 47.8 Å². The molecule has 0 amide bonds. The van der Waals surface area contributed by atoms with E-state index in [1.54, 1.807) is 16.9 Å². The Morgan fingerprint density at radius 3 is 2.61 bits per heavy atom. The molecule has 5 heterocycles. The Balaban J connectivity index is 1.65. The predicted octanol–water partition coefficient (Wildman–Crippen LogP) is 6.61. The molecule has 0 bridgehead atoms. The molecule has 1 aliphatic rings. The van der Waals surface area contributed by atoms with E-state index in [0.29, 0.717) is 46.7 Å². The molecular formula is C28H34F4N6O2Si. The summed E-state index contributed by atoms with van der Waals surface area (Å²) in [6.45, 7) is 12.0. The molecule has 4 aromatic rings. The van der Waals surface area contributed by atoms with Gasteiger partial charge in [-0.3, -0.25) is 9.67 Å². The maximum atomic E-state index is 13.8. The number of aryl methyl sites for hydroxylation is 1. The van der Waals surface area contributed by atoms with Crippen molar-refractivity contribution in [1.29, 1.82) is 0 Å². The maximum absolute atomic E-state index is 13.8. The van der Waals surface area contributed by atoms with Crippen molar-refractivity contribution in [3.63, 3.8) is 0 Å². The Morgan fingerprint density at radius 2 is 1.93 bits per heavy atom. The van der Waals surface area contributed by atoms with E-state index in [-0.39, 0.29) is 25.5 Å². The van der Waals surface area contributed by atoms with Crippen molar-refractivity contribution >= 4 is 19.1 Å². The third-order valence-electron chi connectivity index (χ3n) is 6.96. The first kappa shape index (κ1) is 29.3. The third-order valence-corrected chi connectivity index (χ3v) is 8.67. The molecule has 0 atom stereocenters. The molecule has 0 saturated carbocycles. The Kier molecular flexibility index (Phi) is 7.81. The summed E-state index contributed by atoms with van der Waals surface area (Å²) in [5.74, 6) is -0.486. The second kappa shape index (κ2) is 10.9. The Morgan fingerprint density at radius 1 is 1.15 bits per heavy atom. The number of hydrogen-bond acceptors (Lipinski definition) is 6. The lowest BCUT2D eigenvalue weighted by molar-refractivity contribution is -0.134. The molecule has 13 heteroatoms. The lowest BCUT2D eigenvalue weighted by Gasteiger charge is -2.31. The predicted molar refractivity (Wildman–Crippen MR) is 149 cm³/mol. The number of aromatic nitrogens is 6. The molecule has 0 radical (unpaired) electrons. The number of pyridine rings is 2. The molecule has 220 valence electrons. The SMILES string of the molecule is CC1(C)Cn2nc(-c3ccc(F)cn3)c(-c3cc(CCC(F)(F)F)nc4c3cnn4COCC[Si](C)(C)C)c2CO1. The first-order valence-electron chi connectivity index (χ1n) is 13.5. The summed E-state index contributed by atoms with van der Waals surface area (Å²) in [6, 6.07) is 5.47. The van der Waals surface area contributed by atoms with Gasteiger partial charge in [0.2, 0.25) is 0 Å². The summed E-state index contributed by atoms with van der Waals surface area (Å²) < 4.78 is 68.9. The van der Waals surface area contributed by atoms with Gasteiger partial charge in [0.05, 0.1) is 42.5 Å². The number of hydrogen-bond donors (Lipinski definition) is 0. The van der Waals surface area contributed by atoms with Gasteiger partial charge in [0, 0.05) is 43.3 Å². The second-order valence-corrected chi connectivity index (χ2v) is 17.9. The molecule has 0 spiro atoms. The number of alkyl halides is 3. The lowest BCUT2D eigenvalue weighted by atomic mass is 9.97. The maximum Gasteiger partial charge on any atom is 0.389 e. The number of ether oxygens (including phenoxy) is 2. The van der Waals surface area contributed by atoms with E-state index in [4.69, 9.17) is 14.6 Å². The van der Waals surface area contributed by atoms with E-state index >= 15 is 0 Å². The Bertz CT molecular complexity index is 1540. The zero-order chi connectivity index (χ0) is 29.6. The van der Waals surface area contributed by atoms with Crippen LogP contribution in [0.15, 0.2) is 30.6 Å². The fraction of sp³-hybridized carbons (Fsp3) is 0.500. The molecule has 1 aliphatic heterocycles. The van der Waals surface area contributed by atoms with Gasteiger partial charge in [0.1, 0.15) is 18.2 Å². The van der Waals surface area contributed by atoms with Crippen molar-refractivity contribution in [2.24, 2.45) is 0 Å². The standard InChI is InChI=1S/C28H34F4N6O2Si/c1-27(2)16-37-23(15-40-27)24(25(36-37)22-7-6-18(29)13-33-22)20-12-19(8-9-28(30,31)32)35-26-21(20)14-34-38(26)17-39-10-11-41(3,4)5/h6-7,12-14H,8-11,15-17H2,1-5H3. The molecule has 0 saturated heterocycles. The zero-order valence-corrected chi connectivity index (χ0v) is 24.8. The minimum atomic E-state index is -4.34. The fourth-order valence-electron chi connectivity index (χ4n) is 4.75. The van der Waals surface area contributed by atoms with Crippen molar-refractivity contribution in [1.82, 2.24) is 29.5 Å². The van der Waals surface area contributed by atoms with E-state index in [0.717, 1.165) is 17.9 Å². The first-order valence-corrected chi connectivity index (χ1v) is 17.3. The Labute approximate surface area is 236 Å². The molecule has 0 aromatic carbocycles. The van der Waals surface area contributed by atoms with E-state index in [1.807, 2.05) is 18.5 Å². The van der Waals surface area contributed by atoms with Crippen molar-refractivity contribution in [2.75, 3.05) is 6.61 Å². The minimum Gasteiger partial charge on any atom is -0.367 e. The van der Waals surface area contributed by atoms with E-state index in [2.05, 4.69) is 34.7 Å². The number of fused-ring (bicyclic) bond motifs is 2. The van der Waals surface area contributed by atoms with E-state index in [9.17, 15) is 17.6 Å². The van der Waals surface area contributed by atoms with Gasteiger partial charge in [-0.2, -0.15) is 23.4 Å². The molecule has 0 unspecified atom stereocenters. The van der Waals surface area contributed by atoms with Gasteiger partial charge in [-0.15, -0.1) is 0 Å².